The van der Waals surface area contributed by atoms with E-state index in [-0.39, 0.29) is 12.3 Å². The Morgan fingerprint density at radius 1 is 1.32 bits per heavy atom. The molecule has 1 unspecified atom stereocenters. The molecule has 0 aliphatic rings. The minimum absolute atomic E-state index is 0.140. The molecule has 1 atom stereocenters. The number of nitrogens with one attached hydrogen (secondary N) is 1. The monoisotopic (exact) mass is 317 g/mol. The lowest BCUT2D eigenvalue weighted by atomic mass is 10.1. The third-order valence-electron chi connectivity index (χ3n) is 3.31. The van der Waals surface area contributed by atoms with Crippen molar-refractivity contribution >= 4 is 23.2 Å². The number of nitrogens with two attached hydrogens (primary N) is 1. The van der Waals surface area contributed by atoms with Crippen LogP contribution in [0.1, 0.15) is 25.1 Å². The summed E-state index contributed by atoms with van der Waals surface area (Å²) < 4.78 is 0. The van der Waals surface area contributed by atoms with E-state index in [1.165, 1.54) is 16.9 Å². The van der Waals surface area contributed by atoms with Crippen LogP contribution in [0.4, 0.5) is 0 Å². The second-order valence-corrected chi connectivity index (χ2v) is 5.92. The molecule has 0 bridgehead atoms. The average Bonchev–Trinajstić information content (AvgIpc) is 2.95. The van der Waals surface area contributed by atoms with Crippen molar-refractivity contribution in [1.29, 1.82) is 0 Å². The Balaban J connectivity index is 2.01. The first-order valence-electron chi connectivity index (χ1n) is 7.12. The van der Waals surface area contributed by atoms with Gasteiger partial charge in [0.05, 0.1) is 12.1 Å². The maximum absolute atomic E-state index is 11.8. The third kappa shape index (κ3) is 4.14. The van der Waals surface area contributed by atoms with E-state index >= 15 is 0 Å². The van der Waals surface area contributed by atoms with Gasteiger partial charge in [-0.05, 0) is 18.9 Å². The highest BCUT2D eigenvalue weighted by atomic mass is 32.1. The minimum Gasteiger partial charge on any atom is -0.368 e. The topological polar surface area (TPSA) is 85.1 Å². The number of carbonyl (C=O) groups is 2. The molecular formula is C16H19N3O2S. The van der Waals surface area contributed by atoms with Gasteiger partial charge in [-0.15, -0.1) is 11.3 Å². The molecule has 0 saturated heterocycles. The first-order valence-corrected chi connectivity index (χ1v) is 8.00. The van der Waals surface area contributed by atoms with Crippen molar-refractivity contribution in [2.24, 2.45) is 5.73 Å². The summed E-state index contributed by atoms with van der Waals surface area (Å²) in [5.41, 5.74) is 8.12. The van der Waals surface area contributed by atoms with Gasteiger partial charge in [0.2, 0.25) is 11.8 Å². The fourth-order valence-electron chi connectivity index (χ4n) is 1.93. The smallest absolute Gasteiger partial charge is 0.239 e. The molecule has 1 aromatic heterocycles. The SMILES string of the molecule is CCc1ccc(-c2nc(CC(=O)NC(C)C(N)=O)cs2)cc1. The standard InChI is InChI=1S/C16H19N3O2S/c1-3-11-4-6-12(7-5-11)16-19-13(9-22-16)8-14(20)18-10(2)15(17)21/h4-7,9-10H,3,8H2,1-2H3,(H2,17,21)(H,18,20). The second-order valence-electron chi connectivity index (χ2n) is 5.06. The van der Waals surface area contributed by atoms with Gasteiger partial charge in [-0.1, -0.05) is 31.2 Å². The van der Waals surface area contributed by atoms with Gasteiger partial charge in [0.15, 0.2) is 0 Å². The van der Waals surface area contributed by atoms with Crippen LogP contribution in [0.2, 0.25) is 0 Å². The normalized spacial score (nSPS) is 11.9. The van der Waals surface area contributed by atoms with Gasteiger partial charge in [0.25, 0.3) is 0 Å². The molecule has 3 N–H and O–H groups in total. The van der Waals surface area contributed by atoms with Crippen LogP contribution >= 0.6 is 11.3 Å². The molecule has 0 aliphatic carbocycles. The summed E-state index contributed by atoms with van der Waals surface area (Å²) in [5.74, 6) is -0.812. The highest BCUT2D eigenvalue weighted by molar-refractivity contribution is 7.13. The third-order valence-corrected chi connectivity index (χ3v) is 4.25. The highest BCUT2D eigenvalue weighted by Gasteiger charge is 2.14. The minimum atomic E-state index is -0.674. The fraction of sp³-hybridized carbons (Fsp3) is 0.312. The lowest BCUT2D eigenvalue weighted by Gasteiger charge is -2.08. The lowest BCUT2D eigenvalue weighted by Crippen LogP contribution is -2.42. The van der Waals surface area contributed by atoms with Gasteiger partial charge < -0.3 is 11.1 Å². The summed E-state index contributed by atoms with van der Waals surface area (Å²) in [5, 5.41) is 5.28. The maximum atomic E-state index is 11.8. The number of carbonyl (C=O) groups excluding carboxylic acids is 2. The Labute approximate surface area is 133 Å². The largest absolute Gasteiger partial charge is 0.368 e. The Bertz CT molecular complexity index is 664. The summed E-state index contributed by atoms with van der Waals surface area (Å²) in [6.45, 7) is 3.67. The van der Waals surface area contributed by atoms with Crippen molar-refractivity contribution in [3.05, 3.63) is 40.9 Å². The molecule has 0 radical (unpaired) electrons. The van der Waals surface area contributed by atoms with E-state index < -0.39 is 11.9 Å². The fourth-order valence-corrected chi connectivity index (χ4v) is 2.76. The molecule has 1 aromatic carbocycles. The molecular weight excluding hydrogens is 298 g/mol. The molecule has 0 saturated carbocycles. The van der Waals surface area contributed by atoms with Crippen molar-refractivity contribution in [3.8, 4) is 10.6 Å². The van der Waals surface area contributed by atoms with E-state index in [2.05, 4.69) is 29.4 Å². The number of primary amides is 1. The van der Waals surface area contributed by atoms with Crippen LogP contribution in [0.5, 0.6) is 0 Å². The van der Waals surface area contributed by atoms with Gasteiger partial charge >= 0.3 is 0 Å². The average molecular weight is 317 g/mol. The first kappa shape index (κ1) is 16.2. The first-order chi connectivity index (χ1) is 10.5. The van der Waals surface area contributed by atoms with Crippen LogP contribution in [-0.4, -0.2) is 22.8 Å². The summed E-state index contributed by atoms with van der Waals surface area (Å²) in [4.78, 5) is 27.2. The molecule has 2 rings (SSSR count). The van der Waals surface area contributed by atoms with Crippen LogP contribution in [0, 0.1) is 0 Å². The summed E-state index contributed by atoms with van der Waals surface area (Å²) in [7, 11) is 0. The van der Waals surface area contributed by atoms with Crippen molar-refractivity contribution in [1.82, 2.24) is 10.3 Å². The van der Waals surface area contributed by atoms with Crippen LogP contribution < -0.4 is 11.1 Å². The van der Waals surface area contributed by atoms with Crippen LogP contribution in [-0.2, 0) is 22.4 Å². The van der Waals surface area contributed by atoms with Crippen LogP contribution in [0.3, 0.4) is 0 Å². The zero-order valence-electron chi connectivity index (χ0n) is 12.6. The van der Waals surface area contributed by atoms with E-state index in [0.29, 0.717) is 5.69 Å². The van der Waals surface area contributed by atoms with Crippen molar-refractivity contribution in [2.45, 2.75) is 32.7 Å². The quantitative estimate of drug-likeness (QED) is 0.853. The number of aryl methyl sites for hydroxylation is 1. The molecule has 5 nitrogen and oxygen atoms in total. The van der Waals surface area contributed by atoms with Crippen LogP contribution in [0.15, 0.2) is 29.6 Å². The molecule has 0 aliphatic heterocycles. The number of rotatable bonds is 6. The zero-order chi connectivity index (χ0) is 16.1. The predicted octanol–water partition coefficient (Wildman–Crippen LogP) is 1.90. The zero-order valence-corrected chi connectivity index (χ0v) is 13.4. The van der Waals surface area contributed by atoms with Gasteiger partial charge in [-0.25, -0.2) is 4.98 Å². The van der Waals surface area contributed by atoms with Gasteiger partial charge in [0, 0.05) is 10.9 Å². The molecule has 2 amide bonds. The van der Waals surface area contributed by atoms with E-state index in [4.69, 9.17) is 5.73 Å². The highest BCUT2D eigenvalue weighted by Crippen LogP contribution is 2.24. The van der Waals surface area contributed by atoms with Gasteiger partial charge in [0.1, 0.15) is 11.0 Å². The number of benzene rings is 1. The summed E-state index contributed by atoms with van der Waals surface area (Å²) in [6, 6.07) is 7.56. The molecule has 0 spiro atoms. The summed E-state index contributed by atoms with van der Waals surface area (Å²) in [6.07, 6.45) is 1.14. The molecule has 2 aromatic rings. The van der Waals surface area contributed by atoms with Crippen molar-refractivity contribution < 1.29 is 9.59 Å². The lowest BCUT2D eigenvalue weighted by molar-refractivity contribution is -0.126. The maximum Gasteiger partial charge on any atom is 0.239 e. The van der Waals surface area contributed by atoms with E-state index in [0.717, 1.165) is 17.0 Å². The molecule has 116 valence electrons. The number of aromatic nitrogens is 1. The number of nitrogens with zero attached hydrogens (tertiary/aromatic N) is 1. The predicted molar refractivity (Wildman–Crippen MR) is 87.4 cm³/mol. The Morgan fingerprint density at radius 2 is 2.00 bits per heavy atom. The molecule has 22 heavy (non-hydrogen) atoms. The van der Waals surface area contributed by atoms with Gasteiger partial charge in [-0.2, -0.15) is 0 Å². The van der Waals surface area contributed by atoms with Crippen molar-refractivity contribution in [3.63, 3.8) is 0 Å². The molecule has 0 fully saturated rings. The van der Waals surface area contributed by atoms with Crippen LogP contribution in [0.25, 0.3) is 10.6 Å². The van der Waals surface area contributed by atoms with Gasteiger partial charge in [-0.3, -0.25) is 9.59 Å². The van der Waals surface area contributed by atoms with E-state index in [9.17, 15) is 9.59 Å². The molecule has 6 heteroatoms. The Kier molecular flexibility index (Phi) is 5.27. The molecule has 1 heterocycles. The summed E-state index contributed by atoms with van der Waals surface area (Å²) >= 11 is 1.50. The number of amides is 2. The Hall–Kier alpha value is -2.21. The second kappa shape index (κ2) is 7.17. The van der Waals surface area contributed by atoms with E-state index in [1.807, 2.05) is 17.5 Å². The van der Waals surface area contributed by atoms with Crippen molar-refractivity contribution in [2.75, 3.05) is 0 Å². The van der Waals surface area contributed by atoms with E-state index in [1.54, 1.807) is 6.92 Å². The Morgan fingerprint density at radius 3 is 2.59 bits per heavy atom. The number of hydrogen-bond acceptors (Lipinski definition) is 4. The number of hydrogen-bond donors (Lipinski definition) is 2. The number of thiazole rings is 1.